The number of aryl methyl sites for hydroxylation is 2. The maximum Gasteiger partial charge on any atom is 0.317 e. The summed E-state index contributed by atoms with van der Waals surface area (Å²) < 4.78 is 5.22. The van der Waals surface area contributed by atoms with Gasteiger partial charge in [0.15, 0.2) is 5.78 Å². The molecule has 1 aliphatic carbocycles. The SMILES string of the molecule is CCOC(=O)[C@H]1C(=O)C=C(c2cccc(C)c2)C[C@H]1c1ccc(CC)cc1. The van der Waals surface area contributed by atoms with Gasteiger partial charge in [0, 0.05) is 5.92 Å². The van der Waals surface area contributed by atoms with E-state index in [2.05, 4.69) is 25.1 Å². The molecule has 2 atom stereocenters. The van der Waals surface area contributed by atoms with Crippen LogP contribution in [0.15, 0.2) is 54.6 Å². The predicted molar refractivity (Wildman–Crippen MR) is 107 cm³/mol. The number of ether oxygens (including phenoxy) is 1. The third-order valence-electron chi connectivity index (χ3n) is 5.21. The second kappa shape index (κ2) is 8.34. The van der Waals surface area contributed by atoms with Crippen LogP contribution in [0.2, 0.25) is 0 Å². The molecule has 3 rings (SSSR count). The van der Waals surface area contributed by atoms with E-state index in [0.29, 0.717) is 6.42 Å². The second-order valence-electron chi connectivity index (χ2n) is 7.08. The Labute approximate surface area is 161 Å². The maximum absolute atomic E-state index is 12.9. The van der Waals surface area contributed by atoms with E-state index in [1.165, 1.54) is 5.56 Å². The summed E-state index contributed by atoms with van der Waals surface area (Å²) in [5.74, 6) is -1.57. The molecule has 0 amide bonds. The molecule has 0 aliphatic heterocycles. The van der Waals surface area contributed by atoms with Crippen LogP contribution >= 0.6 is 0 Å². The summed E-state index contributed by atoms with van der Waals surface area (Å²) in [5.41, 5.74) is 5.42. The van der Waals surface area contributed by atoms with Gasteiger partial charge in [-0.1, -0.05) is 61.0 Å². The average Bonchev–Trinajstić information content (AvgIpc) is 2.67. The smallest absolute Gasteiger partial charge is 0.317 e. The summed E-state index contributed by atoms with van der Waals surface area (Å²) >= 11 is 0. The highest BCUT2D eigenvalue weighted by Crippen LogP contribution is 2.40. The van der Waals surface area contributed by atoms with E-state index >= 15 is 0 Å². The molecule has 0 fully saturated rings. The summed E-state index contributed by atoms with van der Waals surface area (Å²) in [6.07, 6.45) is 3.23. The van der Waals surface area contributed by atoms with Crippen LogP contribution in [0.5, 0.6) is 0 Å². The molecule has 0 bridgehead atoms. The highest BCUT2D eigenvalue weighted by atomic mass is 16.5. The summed E-state index contributed by atoms with van der Waals surface area (Å²) in [6.45, 7) is 6.19. The molecule has 0 spiro atoms. The van der Waals surface area contributed by atoms with Crippen molar-refractivity contribution >= 4 is 17.3 Å². The number of carbonyl (C=O) groups is 2. The molecule has 0 N–H and O–H groups in total. The summed E-state index contributed by atoms with van der Waals surface area (Å²) in [4.78, 5) is 25.4. The van der Waals surface area contributed by atoms with Crippen molar-refractivity contribution in [3.63, 3.8) is 0 Å². The van der Waals surface area contributed by atoms with Crippen molar-refractivity contribution in [3.8, 4) is 0 Å². The van der Waals surface area contributed by atoms with Crippen molar-refractivity contribution in [2.75, 3.05) is 6.61 Å². The van der Waals surface area contributed by atoms with Gasteiger partial charge in [-0.15, -0.1) is 0 Å². The van der Waals surface area contributed by atoms with Crippen molar-refractivity contribution < 1.29 is 14.3 Å². The first kappa shape index (κ1) is 19.1. The number of hydrogen-bond acceptors (Lipinski definition) is 3. The molecule has 140 valence electrons. The quantitative estimate of drug-likeness (QED) is 0.562. The molecule has 0 heterocycles. The van der Waals surface area contributed by atoms with E-state index in [1.807, 2.05) is 37.3 Å². The summed E-state index contributed by atoms with van der Waals surface area (Å²) in [6, 6.07) is 16.4. The highest BCUT2D eigenvalue weighted by molar-refractivity contribution is 6.10. The third kappa shape index (κ3) is 4.19. The first-order chi connectivity index (χ1) is 13.0. The molecule has 3 heteroatoms. The zero-order chi connectivity index (χ0) is 19.4. The Morgan fingerprint density at radius 2 is 1.85 bits per heavy atom. The molecule has 0 unspecified atom stereocenters. The molecule has 0 saturated heterocycles. The lowest BCUT2D eigenvalue weighted by Gasteiger charge is -2.29. The minimum Gasteiger partial charge on any atom is -0.465 e. The molecular weight excluding hydrogens is 336 g/mol. The Morgan fingerprint density at radius 3 is 2.48 bits per heavy atom. The van der Waals surface area contributed by atoms with E-state index < -0.39 is 11.9 Å². The fourth-order valence-electron chi connectivity index (χ4n) is 3.74. The average molecular weight is 362 g/mol. The van der Waals surface area contributed by atoms with Crippen molar-refractivity contribution in [1.29, 1.82) is 0 Å². The Morgan fingerprint density at radius 1 is 1.11 bits per heavy atom. The molecule has 2 aromatic rings. The summed E-state index contributed by atoms with van der Waals surface area (Å²) in [7, 11) is 0. The van der Waals surface area contributed by atoms with Crippen LogP contribution in [0.25, 0.3) is 5.57 Å². The van der Waals surface area contributed by atoms with Gasteiger partial charge >= 0.3 is 5.97 Å². The fourth-order valence-corrected chi connectivity index (χ4v) is 3.74. The van der Waals surface area contributed by atoms with E-state index in [9.17, 15) is 9.59 Å². The van der Waals surface area contributed by atoms with E-state index in [-0.39, 0.29) is 18.3 Å². The number of ketones is 1. The van der Waals surface area contributed by atoms with E-state index in [1.54, 1.807) is 13.0 Å². The van der Waals surface area contributed by atoms with Crippen LogP contribution in [0, 0.1) is 12.8 Å². The molecule has 0 radical (unpaired) electrons. The lowest BCUT2D eigenvalue weighted by molar-refractivity contribution is -0.151. The minimum atomic E-state index is -0.772. The molecule has 0 aromatic heterocycles. The van der Waals surface area contributed by atoms with Crippen LogP contribution in [0.3, 0.4) is 0 Å². The Bertz CT molecular complexity index is 861. The van der Waals surface area contributed by atoms with Crippen LogP contribution in [0.1, 0.15) is 48.4 Å². The number of rotatable bonds is 5. The zero-order valence-corrected chi connectivity index (χ0v) is 16.2. The van der Waals surface area contributed by atoms with Gasteiger partial charge in [-0.2, -0.15) is 0 Å². The normalized spacial score (nSPS) is 19.5. The first-order valence-electron chi connectivity index (χ1n) is 9.60. The third-order valence-corrected chi connectivity index (χ3v) is 5.21. The van der Waals surface area contributed by atoms with Gasteiger partial charge in [-0.3, -0.25) is 9.59 Å². The van der Waals surface area contributed by atoms with Crippen molar-refractivity contribution in [3.05, 3.63) is 76.9 Å². The summed E-state index contributed by atoms with van der Waals surface area (Å²) in [5, 5.41) is 0. The Balaban J connectivity index is 2.01. The first-order valence-corrected chi connectivity index (χ1v) is 9.60. The van der Waals surface area contributed by atoms with Crippen molar-refractivity contribution in [2.45, 2.75) is 39.5 Å². The van der Waals surface area contributed by atoms with Crippen molar-refractivity contribution in [1.82, 2.24) is 0 Å². The molecule has 2 aromatic carbocycles. The van der Waals surface area contributed by atoms with Gasteiger partial charge in [0.1, 0.15) is 5.92 Å². The van der Waals surface area contributed by atoms with Gasteiger partial charge in [0.25, 0.3) is 0 Å². The van der Waals surface area contributed by atoms with Crippen LogP contribution in [-0.2, 0) is 20.7 Å². The van der Waals surface area contributed by atoms with Crippen LogP contribution in [-0.4, -0.2) is 18.4 Å². The van der Waals surface area contributed by atoms with Gasteiger partial charge in [0.05, 0.1) is 6.61 Å². The lowest BCUT2D eigenvalue weighted by atomic mass is 9.73. The number of carbonyl (C=O) groups excluding carboxylic acids is 2. The van der Waals surface area contributed by atoms with Crippen molar-refractivity contribution in [2.24, 2.45) is 5.92 Å². The zero-order valence-electron chi connectivity index (χ0n) is 16.2. The molecule has 3 nitrogen and oxygen atoms in total. The number of hydrogen-bond donors (Lipinski definition) is 0. The van der Waals surface area contributed by atoms with E-state index in [4.69, 9.17) is 4.74 Å². The van der Waals surface area contributed by atoms with Gasteiger partial charge in [-0.25, -0.2) is 0 Å². The van der Waals surface area contributed by atoms with Gasteiger partial charge in [-0.05, 0) is 55.0 Å². The number of allylic oxidation sites excluding steroid dienone is 2. The Hall–Kier alpha value is -2.68. The predicted octanol–water partition coefficient (Wildman–Crippen LogP) is 4.88. The molecule has 27 heavy (non-hydrogen) atoms. The number of benzene rings is 2. The van der Waals surface area contributed by atoms with Crippen LogP contribution < -0.4 is 0 Å². The fraction of sp³-hybridized carbons (Fsp3) is 0.333. The molecular formula is C24H26O3. The Kier molecular flexibility index (Phi) is 5.90. The maximum atomic E-state index is 12.9. The molecule has 1 aliphatic rings. The number of esters is 1. The van der Waals surface area contributed by atoms with Gasteiger partial charge < -0.3 is 4.74 Å². The second-order valence-corrected chi connectivity index (χ2v) is 7.08. The molecule has 0 saturated carbocycles. The van der Waals surface area contributed by atoms with E-state index in [0.717, 1.165) is 28.7 Å². The standard InChI is InChI=1S/C24H26O3/c1-4-17-9-11-18(12-10-17)21-14-20(19-8-6-7-16(3)13-19)15-22(25)23(21)24(26)27-5-2/h6-13,15,21,23H,4-5,14H2,1-3H3/t21-,23+/m0/s1. The van der Waals surface area contributed by atoms with Crippen LogP contribution in [0.4, 0.5) is 0 Å². The monoisotopic (exact) mass is 362 g/mol. The topological polar surface area (TPSA) is 43.4 Å². The minimum absolute atomic E-state index is 0.166. The lowest BCUT2D eigenvalue weighted by Crippen LogP contribution is -2.34. The largest absolute Gasteiger partial charge is 0.465 e. The highest BCUT2D eigenvalue weighted by Gasteiger charge is 2.39. The van der Waals surface area contributed by atoms with Gasteiger partial charge in [0.2, 0.25) is 0 Å².